The molecule has 0 spiro atoms. The van der Waals surface area contributed by atoms with Crippen LogP contribution in [0.3, 0.4) is 0 Å². The number of thioether (sulfide) groups is 1. The molecule has 0 fully saturated rings. The van der Waals surface area contributed by atoms with Gasteiger partial charge in [-0.15, -0.1) is 0 Å². The van der Waals surface area contributed by atoms with E-state index in [-0.39, 0.29) is 10.5 Å². The molecule has 0 aliphatic rings. The molecule has 1 rings (SSSR count). The molecule has 7 nitrogen and oxygen atoms in total. The second-order valence-corrected chi connectivity index (χ2v) is 4.22. The molecule has 3 N–H and O–H groups in total. The third-order valence-electron chi connectivity index (χ3n) is 1.65. The zero-order chi connectivity index (χ0) is 12.7. The highest BCUT2D eigenvalue weighted by atomic mass is 35.5. The van der Waals surface area contributed by atoms with Gasteiger partial charge >= 0.3 is 0 Å². The Kier molecular flexibility index (Phi) is 5.78. The third kappa shape index (κ3) is 5.05. The standard InChI is InChI=1S/C8H13ClN6OS/c1-10-6-13-5(9)14-7(15-6)12-3-4-17-8(16)11-2/h3-4H2,1-2H3,(H,11,16)(H2,10,12,13,14,15). The van der Waals surface area contributed by atoms with Gasteiger partial charge in [-0.05, 0) is 11.6 Å². The van der Waals surface area contributed by atoms with Gasteiger partial charge in [0, 0.05) is 26.4 Å². The van der Waals surface area contributed by atoms with Gasteiger partial charge in [0.2, 0.25) is 17.2 Å². The number of nitrogens with one attached hydrogen (secondary N) is 3. The van der Waals surface area contributed by atoms with Crippen LogP contribution in [0.4, 0.5) is 16.7 Å². The summed E-state index contributed by atoms with van der Waals surface area (Å²) in [4.78, 5) is 22.7. The molecule has 0 aliphatic heterocycles. The van der Waals surface area contributed by atoms with E-state index < -0.39 is 0 Å². The van der Waals surface area contributed by atoms with Crippen molar-refractivity contribution in [3.05, 3.63) is 5.28 Å². The molecule has 9 heteroatoms. The van der Waals surface area contributed by atoms with Crippen LogP contribution in [0.15, 0.2) is 0 Å². The van der Waals surface area contributed by atoms with E-state index in [0.717, 1.165) is 0 Å². The fourth-order valence-corrected chi connectivity index (χ4v) is 1.61. The first-order valence-electron chi connectivity index (χ1n) is 4.83. The van der Waals surface area contributed by atoms with Crippen molar-refractivity contribution in [1.29, 1.82) is 0 Å². The van der Waals surface area contributed by atoms with Crippen molar-refractivity contribution in [1.82, 2.24) is 20.3 Å². The zero-order valence-corrected chi connectivity index (χ0v) is 11.0. The summed E-state index contributed by atoms with van der Waals surface area (Å²) >= 11 is 6.88. The molecule has 0 bridgehead atoms. The minimum Gasteiger partial charge on any atom is -0.357 e. The number of hydrogen-bond donors (Lipinski definition) is 3. The predicted octanol–water partition coefficient (Wildman–Crippen LogP) is 1.05. The number of hydrogen-bond acceptors (Lipinski definition) is 7. The van der Waals surface area contributed by atoms with E-state index in [2.05, 4.69) is 30.9 Å². The summed E-state index contributed by atoms with van der Waals surface area (Å²) in [6, 6.07) is 0. The quantitative estimate of drug-likeness (QED) is 0.692. The Morgan fingerprint density at radius 2 is 2.00 bits per heavy atom. The molecule has 1 amide bonds. The molecule has 1 aromatic rings. The van der Waals surface area contributed by atoms with E-state index in [0.29, 0.717) is 24.2 Å². The lowest BCUT2D eigenvalue weighted by atomic mass is 10.7. The maximum absolute atomic E-state index is 10.9. The number of carbonyl (C=O) groups is 1. The lowest BCUT2D eigenvalue weighted by Crippen LogP contribution is -2.15. The van der Waals surface area contributed by atoms with Gasteiger partial charge in [0.05, 0.1) is 0 Å². The molecule has 0 saturated carbocycles. The fraction of sp³-hybridized carbons (Fsp3) is 0.500. The molecule has 17 heavy (non-hydrogen) atoms. The summed E-state index contributed by atoms with van der Waals surface area (Å²) < 4.78 is 0. The molecular weight excluding hydrogens is 264 g/mol. The molecule has 0 saturated heterocycles. The Labute approximate surface area is 108 Å². The lowest BCUT2D eigenvalue weighted by Gasteiger charge is -2.05. The number of rotatable bonds is 5. The number of anilines is 2. The highest BCUT2D eigenvalue weighted by Gasteiger charge is 2.03. The average molecular weight is 277 g/mol. The second-order valence-electron chi connectivity index (χ2n) is 2.81. The van der Waals surface area contributed by atoms with Crippen molar-refractivity contribution < 1.29 is 4.79 Å². The Morgan fingerprint density at radius 3 is 2.65 bits per heavy atom. The van der Waals surface area contributed by atoms with E-state index in [1.807, 2.05) is 0 Å². The molecule has 1 heterocycles. The number of halogens is 1. The first-order valence-corrected chi connectivity index (χ1v) is 6.19. The molecule has 94 valence electrons. The van der Waals surface area contributed by atoms with Crippen LogP contribution in [0, 0.1) is 0 Å². The number of amides is 1. The maximum Gasteiger partial charge on any atom is 0.278 e. The molecule has 0 aromatic carbocycles. The molecule has 0 radical (unpaired) electrons. The van der Waals surface area contributed by atoms with Gasteiger partial charge in [0.1, 0.15) is 0 Å². The number of carbonyl (C=O) groups excluding carboxylic acids is 1. The average Bonchev–Trinajstić information content (AvgIpc) is 2.33. The smallest absolute Gasteiger partial charge is 0.278 e. The predicted molar refractivity (Wildman–Crippen MR) is 69.8 cm³/mol. The second kappa shape index (κ2) is 7.13. The molecule has 0 atom stereocenters. The molecule has 0 aliphatic carbocycles. The topological polar surface area (TPSA) is 91.8 Å². The fourth-order valence-electron chi connectivity index (χ4n) is 0.920. The van der Waals surface area contributed by atoms with Gasteiger partial charge < -0.3 is 16.0 Å². The van der Waals surface area contributed by atoms with E-state index in [1.54, 1.807) is 14.1 Å². The zero-order valence-electron chi connectivity index (χ0n) is 9.45. The summed E-state index contributed by atoms with van der Waals surface area (Å²) in [6.07, 6.45) is 0. The van der Waals surface area contributed by atoms with Gasteiger partial charge in [0.25, 0.3) is 5.24 Å². The van der Waals surface area contributed by atoms with Crippen LogP contribution in [0.25, 0.3) is 0 Å². The Hall–Kier alpha value is -1.28. The SMILES string of the molecule is CNC(=O)SCCNc1nc(Cl)nc(NC)n1. The largest absolute Gasteiger partial charge is 0.357 e. The summed E-state index contributed by atoms with van der Waals surface area (Å²) in [7, 11) is 3.28. The van der Waals surface area contributed by atoms with Crippen LogP contribution in [0.5, 0.6) is 0 Å². The molecule has 1 aromatic heterocycles. The van der Waals surface area contributed by atoms with Crippen LogP contribution in [0.1, 0.15) is 0 Å². The summed E-state index contributed by atoms with van der Waals surface area (Å²) in [5.74, 6) is 1.39. The van der Waals surface area contributed by atoms with E-state index in [1.165, 1.54) is 11.8 Å². The third-order valence-corrected chi connectivity index (χ3v) is 2.70. The van der Waals surface area contributed by atoms with E-state index in [9.17, 15) is 4.79 Å². The minimum atomic E-state index is -0.0728. The monoisotopic (exact) mass is 276 g/mol. The van der Waals surface area contributed by atoms with Crippen molar-refractivity contribution in [2.24, 2.45) is 0 Å². The van der Waals surface area contributed by atoms with Gasteiger partial charge in [-0.3, -0.25) is 4.79 Å². The van der Waals surface area contributed by atoms with Crippen molar-refractivity contribution in [3.8, 4) is 0 Å². The van der Waals surface area contributed by atoms with Crippen LogP contribution < -0.4 is 16.0 Å². The van der Waals surface area contributed by atoms with Crippen LogP contribution in [-0.4, -0.2) is 46.6 Å². The van der Waals surface area contributed by atoms with Crippen LogP contribution in [-0.2, 0) is 0 Å². The molecule has 0 unspecified atom stereocenters. The summed E-state index contributed by atoms with van der Waals surface area (Å²) in [5.41, 5.74) is 0. The molecular formula is C8H13ClN6OS. The van der Waals surface area contributed by atoms with Gasteiger partial charge in [-0.1, -0.05) is 11.8 Å². The van der Waals surface area contributed by atoms with E-state index in [4.69, 9.17) is 11.6 Å². The van der Waals surface area contributed by atoms with Crippen LogP contribution in [0.2, 0.25) is 5.28 Å². The van der Waals surface area contributed by atoms with Crippen molar-refractivity contribution in [2.75, 3.05) is 37.0 Å². The Morgan fingerprint density at radius 1 is 1.29 bits per heavy atom. The maximum atomic E-state index is 10.9. The number of nitrogens with zero attached hydrogens (tertiary/aromatic N) is 3. The van der Waals surface area contributed by atoms with E-state index >= 15 is 0 Å². The highest BCUT2D eigenvalue weighted by molar-refractivity contribution is 8.13. The minimum absolute atomic E-state index is 0.0728. The lowest BCUT2D eigenvalue weighted by molar-refractivity contribution is 0.262. The van der Waals surface area contributed by atoms with Gasteiger partial charge in [-0.25, -0.2) is 0 Å². The van der Waals surface area contributed by atoms with Gasteiger partial charge in [0.15, 0.2) is 0 Å². The highest BCUT2D eigenvalue weighted by Crippen LogP contribution is 2.09. The Bertz CT molecular complexity index is 390. The van der Waals surface area contributed by atoms with Gasteiger partial charge in [-0.2, -0.15) is 15.0 Å². The first kappa shape index (κ1) is 13.8. The van der Waals surface area contributed by atoms with Crippen LogP contribution >= 0.6 is 23.4 Å². The normalized spacial score (nSPS) is 9.82. The Balaban J connectivity index is 2.41. The number of aromatic nitrogens is 3. The van der Waals surface area contributed by atoms with Crippen molar-refractivity contribution >= 4 is 40.5 Å². The summed E-state index contributed by atoms with van der Waals surface area (Å²) in [5, 5.41) is 8.28. The van der Waals surface area contributed by atoms with Crippen molar-refractivity contribution in [2.45, 2.75) is 0 Å². The first-order chi connectivity index (χ1) is 8.15. The summed E-state index contributed by atoms with van der Waals surface area (Å²) in [6.45, 7) is 0.557. The van der Waals surface area contributed by atoms with Crippen molar-refractivity contribution in [3.63, 3.8) is 0 Å².